The second-order valence-corrected chi connectivity index (χ2v) is 6.36. The monoisotopic (exact) mass is 333 g/mol. The molecule has 1 fully saturated rings. The van der Waals surface area contributed by atoms with Gasteiger partial charge in [-0.1, -0.05) is 72.3 Å². The van der Waals surface area contributed by atoms with Crippen molar-refractivity contribution in [3.8, 4) is 0 Å². The van der Waals surface area contributed by atoms with Gasteiger partial charge in [0.1, 0.15) is 0 Å². The van der Waals surface area contributed by atoms with E-state index >= 15 is 0 Å². The van der Waals surface area contributed by atoms with Crippen molar-refractivity contribution < 1.29 is 4.79 Å². The van der Waals surface area contributed by atoms with Crippen molar-refractivity contribution in [3.63, 3.8) is 0 Å². The number of carbonyl (C=O) groups is 1. The molecule has 0 radical (unpaired) electrons. The lowest BCUT2D eigenvalue weighted by Gasteiger charge is -2.47. The van der Waals surface area contributed by atoms with Crippen LogP contribution < -0.4 is 4.90 Å². The number of β-lactam (4-membered cyclic amide) rings is 1. The largest absolute Gasteiger partial charge is 0.303 e. The molecule has 2 unspecified atom stereocenters. The average Bonchev–Trinajstić information content (AvgIpc) is 2.63. The smallest absolute Gasteiger partial charge is 0.237 e. The zero-order valence-electron chi connectivity index (χ0n) is 13.0. The van der Waals surface area contributed by atoms with Crippen LogP contribution in [0.1, 0.15) is 23.1 Å². The van der Waals surface area contributed by atoms with E-state index in [-0.39, 0.29) is 17.9 Å². The fourth-order valence-electron chi connectivity index (χ4n) is 3.36. The van der Waals surface area contributed by atoms with Gasteiger partial charge in [0.05, 0.1) is 12.0 Å². The first kappa shape index (κ1) is 15.0. The first-order valence-electron chi connectivity index (χ1n) is 7.94. The molecule has 0 aliphatic carbocycles. The van der Waals surface area contributed by atoms with Crippen LogP contribution in [0.2, 0.25) is 5.02 Å². The van der Waals surface area contributed by atoms with Gasteiger partial charge in [-0.3, -0.25) is 4.79 Å². The summed E-state index contributed by atoms with van der Waals surface area (Å²) in [6, 6.07) is 27.6. The van der Waals surface area contributed by atoms with Gasteiger partial charge in [-0.15, -0.1) is 0 Å². The number of benzene rings is 3. The van der Waals surface area contributed by atoms with E-state index < -0.39 is 0 Å². The predicted octanol–water partition coefficient (Wildman–Crippen LogP) is 5.21. The SMILES string of the molecule is O=C1C(c2ccccc2)C(c2ccccc2)N1c1ccc(Cl)cc1. The summed E-state index contributed by atoms with van der Waals surface area (Å²) >= 11 is 5.99. The van der Waals surface area contributed by atoms with Crippen molar-refractivity contribution in [2.75, 3.05) is 4.90 Å². The summed E-state index contributed by atoms with van der Waals surface area (Å²) in [5, 5.41) is 0.669. The Kier molecular flexibility index (Phi) is 3.83. The van der Waals surface area contributed by atoms with Crippen molar-refractivity contribution in [1.29, 1.82) is 0 Å². The summed E-state index contributed by atoms with van der Waals surface area (Å²) in [6.07, 6.45) is 0. The Balaban J connectivity index is 1.77. The molecule has 1 heterocycles. The van der Waals surface area contributed by atoms with Gasteiger partial charge in [0.2, 0.25) is 5.91 Å². The molecule has 118 valence electrons. The van der Waals surface area contributed by atoms with Crippen LogP contribution >= 0.6 is 11.6 Å². The van der Waals surface area contributed by atoms with Crippen molar-refractivity contribution in [3.05, 3.63) is 101 Å². The van der Waals surface area contributed by atoms with Gasteiger partial charge in [-0.25, -0.2) is 0 Å². The third-order valence-electron chi connectivity index (χ3n) is 4.50. The van der Waals surface area contributed by atoms with E-state index in [9.17, 15) is 4.79 Å². The highest BCUT2D eigenvalue weighted by Gasteiger charge is 2.49. The Labute approximate surface area is 146 Å². The summed E-state index contributed by atoms with van der Waals surface area (Å²) in [7, 11) is 0. The summed E-state index contributed by atoms with van der Waals surface area (Å²) in [4.78, 5) is 14.8. The van der Waals surface area contributed by atoms with E-state index in [1.807, 2.05) is 77.7 Å². The van der Waals surface area contributed by atoms with Crippen molar-refractivity contribution in [1.82, 2.24) is 0 Å². The maximum Gasteiger partial charge on any atom is 0.237 e. The zero-order chi connectivity index (χ0) is 16.5. The lowest BCUT2D eigenvalue weighted by molar-refractivity contribution is -0.126. The van der Waals surface area contributed by atoms with E-state index in [1.165, 1.54) is 0 Å². The van der Waals surface area contributed by atoms with Crippen LogP contribution in [0.4, 0.5) is 5.69 Å². The molecule has 3 heteroatoms. The van der Waals surface area contributed by atoms with E-state index in [0.29, 0.717) is 5.02 Å². The number of hydrogen-bond donors (Lipinski definition) is 0. The number of anilines is 1. The second-order valence-electron chi connectivity index (χ2n) is 5.93. The molecule has 2 atom stereocenters. The Morgan fingerprint density at radius 2 is 1.25 bits per heavy atom. The number of nitrogens with zero attached hydrogens (tertiary/aromatic N) is 1. The van der Waals surface area contributed by atoms with Crippen molar-refractivity contribution >= 4 is 23.2 Å². The molecule has 0 bridgehead atoms. The standard InChI is InChI=1S/C21H16ClNO/c22-17-11-13-18(14-12-17)23-20(16-9-5-2-6-10-16)19(21(23)24)15-7-3-1-4-8-15/h1-14,19-20H. The van der Waals surface area contributed by atoms with Gasteiger partial charge >= 0.3 is 0 Å². The fourth-order valence-corrected chi connectivity index (χ4v) is 3.48. The first-order chi connectivity index (χ1) is 11.8. The molecule has 2 nitrogen and oxygen atoms in total. The Hall–Kier alpha value is -2.58. The van der Waals surface area contributed by atoms with Gasteiger partial charge in [0.15, 0.2) is 0 Å². The lowest BCUT2D eigenvalue weighted by Crippen LogP contribution is -2.53. The molecule has 0 spiro atoms. The highest BCUT2D eigenvalue weighted by atomic mass is 35.5. The molecule has 1 aliphatic heterocycles. The van der Waals surface area contributed by atoms with E-state index in [0.717, 1.165) is 16.8 Å². The minimum absolute atomic E-state index is 0.00211. The highest BCUT2D eigenvalue weighted by molar-refractivity contribution is 6.30. The van der Waals surface area contributed by atoms with Crippen LogP contribution in [-0.2, 0) is 4.79 Å². The van der Waals surface area contributed by atoms with Gasteiger partial charge in [0.25, 0.3) is 0 Å². The van der Waals surface area contributed by atoms with Gasteiger partial charge in [-0.05, 0) is 35.4 Å². The van der Waals surface area contributed by atoms with E-state index in [2.05, 4.69) is 12.1 Å². The molecule has 3 aromatic carbocycles. The Bertz CT molecular complexity index is 846. The number of amides is 1. The Morgan fingerprint density at radius 3 is 1.83 bits per heavy atom. The number of hydrogen-bond acceptors (Lipinski definition) is 1. The van der Waals surface area contributed by atoms with Gasteiger partial charge < -0.3 is 4.90 Å². The minimum atomic E-state index is -0.149. The normalized spacial score (nSPS) is 19.9. The summed E-state index contributed by atoms with van der Waals surface area (Å²) in [5.74, 6) is -0.0262. The van der Waals surface area contributed by atoms with Crippen LogP contribution in [0.25, 0.3) is 0 Å². The molecular weight excluding hydrogens is 318 g/mol. The number of rotatable bonds is 3. The minimum Gasteiger partial charge on any atom is -0.303 e. The van der Waals surface area contributed by atoms with E-state index in [1.54, 1.807) is 0 Å². The molecular formula is C21H16ClNO. The lowest BCUT2D eigenvalue weighted by atomic mass is 9.77. The van der Waals surface area contributed by atoms with Gasteiger partial charge in [0, 0.05) is 10.7 Å². The third kappa shape index (κ3) is 2.49. The third-order valence-corrected chi connectivity index (χ3v) is 4.75. The summed E-state index contributed by atoms with van der Waals surface area (Å²) in [5.41, 5.74) is 3.08. The molecule has 0 aromatic heterocycles. The summed E-state index contributed by atoms with van der Waals surface area (Å²) in [6.45, 7) is 0. The number of carbonyl (C=O) groups excluding carboxylic acids is 1. The maximum atomic E-state index is 12.9. The average molecular weight is 334 g/mol. The highest BCUT2D eigenvalue weighted by Crippen LogP contribution is 2.48. The fraction of sp³-hybridized carbons (Fsp3) is 0.0952. The molecule has 1 saturated heterocycles. The summed E-state index contributed by atoms with van der Waals surface area (Å²) < 4.78 is 0. The molecule has 0 N–H and O–H groups in total. The Morgan fingerprint density at radius 1 is 0.708 bits per heavy atom. The molecule has 1 aliphatic rings. The van der Waals surface area contributed by atoms with Crippen molar-refractivity contribution in [2.24, 2.45) is 0 Å². The zero-order valence-corrected chi connectivity index (χ0v) is 13.7. The van der Waals surface area contributed by atoms with Crippen LogP contribution in [-0.4, -0.2) is 5.91 Å². The second kappa shape index (κ2) is 6.14. The molecule has 4 rings (SSSR count). The predicted molar refractivity (Wildman–Crippen MR) is 97.3 cm³/mol. The maximum absolute atomic E-state index is 12.9. The molecule has 3 aromatic rings. The van der Waals surface area contributed by atoms with Crippen LogP contribution in [0.15, 0.2) is 84.9 Å². The van der Waals surface area contributed by atoms with Crippen LogP contribution in [0.5, 0.6) is 0 Å². The first-order valence-corrected chi connectivity index (χ1v) is 8.32. The molecule has 0 saturated carbocycles. The molecule has 24 heavy (non-hydrogen) atoms. The quantitative estimate of drug-likeness (QED) is 0.602. The topological polar surface area (TPSA) is 20.3 Å². The van der Waals surface area contributed by atoms with E-state index in [4.69, 9.17) is 11.6 Å². The van der Waals surface area contributed by atoms with Crippen LogP contribution in [0.3, 0.4) is 0 Å². The van der Waals surface area contributed by atoms with Crippen LogP contribution in [0, 0.1) is 0 Å². The number of halogens is 1. The molecule has 1 amide bonds. The van der Waals surface area contributed by atoms with Gasteiger partial charge in [-0.2, -0.15) is 0 Å². The van der Waals surface area contributed by atoms with Crippen molar-refractivity contribution in [2.45, 2.75) is 12.0 Å².